The largest absolute Gasteiger partial charge is 0.336 e. The van der Waals surface area contributed by atoms with Crippen LogP contribution in [-0.2, 0) is 10.0 Å². The fourth-order valence-electron chi connectivity index (χ4n) is 1.73. The summed E-state index contributed by atoms with van der Waals surface area (Å²) < 4.78 is 22.4. The number of carbonyl (C=O) groups is 1. The van der Waals surface area contributed by atoms with Gasteiger partial charge in [0.15, 0.2) is 0 Å². The van der Waals surface area contributed by atoms with Crippen LogP contribution in [0.1, 0.15) is 32.4 Å². The Hall–Kier alpha value is -1.64. The molecule has 0 aromatic heterocycles. The Morgan fingerprint density at radius 2 is 1.78 bits per heavy atom. The van der Waals surface area contributed by atoms with Gasteiger partial charge in [-0.15, -0.1) is 0 Å². The molecule has 1 atom stereocenters. The monoisotopic (exact) mass is 342 g/mol. The molecule has 4 N–H and O–H groups in total. The summed E-state index contributed by atoms with van der Waals surface area (Å²) in [4.78, 5) is 14.0. The number of nitrogens with one attached hydrogen (secondary N) is 2. The number of benzene rings is 1. The zero-order chi connectivity index (χ0) is 17.8. The van der Waals surface area contributed by atoms with Crippen LogP contribution in [0.5, 0.6) is 0 Å². The van der Waals surface area contributed by atoms with Crippen LogP contribution in [0.15, 0.2) is 29.2 Å². The van der Waals surface area contributed by atoms with Crippen LogP contribution in [0.2, 0.25) is 0 Å². The summed E-state index contributed by atoms with van der Waals surface area (Å²) in [5.74, 6) is 0. The molecule has 0 aliphatic carbocycles. The van der Waals surface area contributed by atoms with Crippen LogP contribution >= 0.6 is 0 Å². The molecular formula is C15H26N4O3S. The summed E-state index contributed by atoms with van der Waals surface area (Å²) in [6.45, 7) is 6.39. The van der Waals surface area contributed by atoms with Gasteiger partial charge in [-0.2, -0.15) is 0 Å². The number of amides is 2. The third kappa shape index (κ3) is 5.81. The first-order valence-electron chi connectivity index (χ1n) is 7.28. The Kier molecular flexibility index (Phi) is 6.15. The number of likely N-dealkylation sites (N-methyl/N-ethyl adjacent to an activating group) is 1. The van der Waals surface area contributed by atoms with E-state index in [-0.39, 0.29) is 22.5 Å². The zero-order valence-corrected chi connectivity index (χ0v) is 15.1. The molecule has 0 saturated heterocycles. The number of carbonyl (C=O) groups excluding carboxylic acids is 1. The minimum absolute atomic E-state index is 0.0469. The predicted molar refractivity (Wildman–Crippen MR) is 90.5 cm³/mol. The first-order valence-corrected chi connectivity index (χ1v) is 8.82. The molecule has 1 rings (SSSR count). The molecule has 130 valence electrons. The van der Waals surface area contributed by atoms with Crippen molar-refractivity contribution in [2.45, 2.75) is 37.2 Å². The second kappa shape index (κ2) is 7.29. The van der Waals surface area contributed by atoms with Crippen molar-refractivity contribution in [2.24, 2.45) is 5.14 Å². The number of nitrogens with zero attached hydrogens (tertiary/aromatic N) is 1. The molecule has 7 nitrogen and oxygen atoms in total. The average molecular weight is 342 g/mol. The number of hydrogen-bond donors (Lipinski definition) is 3. The third-order valence-corrected chi connectivity index (χ3v) is 4.88. The van der Waals surface area contributed by atoms with Gasteiger partial charge in [0.2, 0.25) is 10.0 Å². The normalized spacial score (nSPS) is 13.7. The second-order valence-electron chi connectivity index (χ2n) is 6.37. The molecule has 0 fully saturated rings. The average Bonchev–Trinajstić information content (AvgIpc) is 2.44. The van der Waals surface area contributed by atoms with E-state index < -0.39 is 10.0 Å². The molecule has 2 amide bonds. The highest BCUT2D eigenvalue weighted by Crippen LogP contribution is 2.15. The van der Waals surface area contributed by atoms with Crippen molar-refractivity contribution in [3.63, 3.8) is 0 Å². The molecule has 0 aliphatic rings. The molecular weight excluding hydrogens is 316 g/mol. The van der Waals surface area contributed by atoms with Gasteiger partial charge in [-0.3, -0.25) is 0 Å². The van der Waals surface area contributed by atoms with Gasteiger partial charge < -0.3 is 15.5 Å². The van der Waals surface area contributed by atoms with Gasteiger partial charge >= 0.3 is 6.03 Å². The SMILES string of the molecule is CC(NC(=O)NCC(C)(C)N(C)C)c1ccc(S(N)(=O)=O)cc1. The Morgan fingerprint density at radius 1 is 1.26 bits per heavy atom. The van der Waals surface area contributed by atoms with Crippen LogP contribution in [0.4, 0.5) is 4.79 Å². The Morgan fingerprint density at radius 3 is 2.22 bits per heavy atom. The van der Waals surface area contributed by atoms with Crippen molar-refractivity contribution in [1.29, 1.82) is 0 Å². The van der Waals surface area contributed by atoms with E-state index >= 15 is 0 Å². The lowest BCUT2D eigenvalue weighted by molar-refractivity contribution is 0.185. The van der Waals surface area contributed by atoms with E-state index in [2.05, 4.69) is 10.6 Å². The van der Waals surface area contributed by atoms with E-state index in [0.717, 1.165) is 5.56 Å². The fourth-order valence-corrected chi connectivity index (χ4v) is 2.25. The van der Waals surface area contributed by atoms with Crippen molar-refractivity contribution in [3.8, 4) is 0 Å². The molecule has 0 bridgehead atoms. The Bertz CT molecular complexity index is 639. The molecule has 0 radical (unpaired) electrons. The van der Waals surface area contributed by atoms with Gasteiger partial charge in [0, 0.05) is 12.1 Å². The fraction of sp³-hybridized carbons (Fsp3) is 0.533. The maximum atomic E-state index is 12.0. The van der Waals surface area contributed by atoms with Gasteiger partial charge in [0.05, 0.1) is 10.9 Å². The van der Waals surface area contributed by atoms with Gasteiger partial charge in [-0.05, 0) is 52.6 Å². The topological polar surface area (TPSA) is 105 Å². The van der Waals surface area contributed by atoms with E-state index in [0.29, 0.717) is 6.54 Å². The van der Waals surface area contributed by atoms with Gasteiger partial charge in [-0.1, -0.05) is 12.1 Å². The molecule has 1 aromatic carbocycles. The maximum Gasteiger partial charge on any atom is 0.315 e. The lowest BCUT2D eigenvalue weighted by Gasteiger charge is -2.32. The van der Waals surface area contributed by atoms with E-state index in [9.17, 15) is 13.2 Å². The molecule has 1 aromatic rings. The molecule has 0 heterocycles. The minimum atomic E-state index is -3.71. The smallest absolute Gasteiger partial charge is 0.315 e. The quantitative estimate of drug-likeness (QED) is 0.718. The highest BCUT2D eigenvalue weighted by atomic mass is 32.2. The zero-order valence-electron chi connectivity index (χ0n) is 14.3. The van der Waals surface area contributed by atoms with Crippen molar-refractivity contribution < 1.29 is 13.2 Å². The molecule has 0 spiro atoms. The highest BCUT2D eigenvalue weighted by Gasteiger charge is 2.21. The van der Waals surface area contributed by atoms with Crippen molar-refractivity contribution >= 4 is 16.1 Å². The summed E-state index contributed by atoms with van der Waals surface area (Å²) >= 11 is 0. The number of urea groups is 1. The summed E-state index contributed by atoms with van der Waals surface area (Å²) in [5.41, 5.74) is 0.636. The highest BCUT2D eigenvalue weighted by molar-refractivity contribution is 7.89. The molecule has 23 heavy (non-hydrogen) atoms. The van der Waals surface area contributed by atoms with Gasteiger partial charge in [-0.25, -0.2) is 18.4 Å². The van der Waals surface area contributed by atoms with Crippen LogP contribution in [0.25, 0.3) is 0 Å². The summed E-state index contributed by atoms with van der Waals surface area (Å²) in [6, 6.07) is 5.59. The van der Waals surface area contributed by atoms with E-state index in [1.807, 2.05) is 39.8 Å². The first kappa shape index (κ1) is 19.4. The van der Waals surface area contributed by atoms with Crippen molar-refractivity contribution in [1.82, 2.24) is 15.5 Å². The van der Waals surface area contributed by atoms with Crippen molar-refractivity contribution in [3.05, 3.63) is 29.8 Å². The van der Waals surface area contributed by atoms with Crippen LogP contribution in [0, 0.1) is 0 Å². The molecule has 0 saturated carbocycles. The van der Waals surface area contributed by atoms with E-state index in [1.54, 1.807) is 12.1 Å². The summed E-state index contributed by atoms with van der Waals surface area (Å²) in [5, 5.41) is 10.7. The predicted octanol–water partition coefficient (Wildman–Crippen LogP) is 1.03. The first-order chi connectivity index (χ1) is 10.4. The minimum Gasteiger partial charge on any atom is -0.336 e. The standard InChI is InChI=1S/C15H26N4O3S/c1-11(12-6-8-13(9-7-12)23(16,21)22)18-14(20)17-10-15(2,3)19(4)5/h6-9,11H,10H2,1-5H3,(H2,16,21,22)(H2,17,18,20). The number of hydrogen-bond acceptors (Lipinski definition) is 4. The third-order valence-electron chi connectivity index (χ3n) is 3.95. The number of sulfonamides is 1. The summed E-state index contributed by atoms with van der Waals surface area (Å²) in [7, 11) is 0.201. The summed E-state index contributed by atoms with van der Waals surface area (Å²) in [6.07, 6.45) is 0. The van der Waals surface area contributed by atoms with Crippen LogP contribution in [-0.4, -0.2) is 45.5 Å². The molecule has 0 aliphatic heterocycles. The second-order valence-corrected chi connectivity index (χ2v) is 7.93. The van der Waals surface area contributed by atoms with E-state index in [4.69, 9.17) is 5.14 Å². The lowest BCUT2D eigenvalue weighted by atomic mass is 10.0. The maximum absolute atomic E-state index is 12.0. The Balaban J connectivity index is 2.62. The van der Waals surface area contributed by atoms with Gasteiger partial charge in [0.1, 0.15) is 0 Å². The number of nitrogens with two attached hydrogens (primary N) is 1. The van der Waals surface area contributed by atoms with Crippen LogP contribution < -0.4 is 15.8 Å². The number of rotatable bonds is 6. The van der Waals surface area contributed by atoms with Gasteiger partial charge in [0.25, 0.3) is 0 Å². The van der Waals surface area contributed by atoms with Crippen molar-refractivity contribution in [2.75, 3.05) is 20.6 Å². The Labute approximate surface area is 138 Å². The lowest BCUT2D eigenvalue weighted by Crippen LogP contribution is -2.50. The number of primary sulfonamides is 1. The molecule has 1 unspecified atom stereocenters. The molecule has 8 heteroatoms. The van der Waals surface area contributed by atoms with Crippen LogP contribution in [0.3, 0.4) is 0 Å². The van der Waals surface area contributed by atoms with E-state index in [1.165, 1.54) is 12.1 Å².